The van der Waals surface area contributed by atoms with Crippen molar-refractivity contribution in [3.63, 3.8) is 0 Å². The summed E-state index contributed by atoms with van der Waals surface area (Å²) in [6.45, 7) is 1.73. The van der Waals surface area contributed by atoms with Crippen molar-refractivity contribution in [3.05, 3.63) is 36.4 Å². The Bertz CT molecular complexity index is 397. The van der Waals surface area contributed by atoms with Gasteiger partial charge in [-0.1, -0.05) is 18.2 Å². The van der Waals surface area contributed by atoms with Crippen molar-refractivity contribution in [1.29, 1.82) is 0 Å². The second-order valence-electron chi connectivity index (χ2n) is 4.38. The lowest BCUT2D eigenvalue weighted by atomic mass is 10.2. The highest BCUT2D eigenvalue weighted by Crippen LogP contribution is 2.24. The molecule has 0 saturated carbocycles. The third-order valence-corrected chi connectivity index (χ3v) is 2.88. The van der Waals surface area contributed by atoms with Gasteiger partial charge in [-0.25, -0.2) is 0 Å². The number of aromatic hydroxyl groups is 1. The van der Waals surface area contributed by atoms with E-state index in [-0.39, 0.29) is 12.0 Å². The zero-order valence-electron chi connectivity index (χ0n) is 11.0. The first kappa shape index (κ1) is 13.9. The number of hydrogen-bond acceptors (Lipinski definition) is 4. The van der Waals surface area contributed by atoms with Gasteiger partial charge in [0.15, 0.2) is 17.8 Å². The standard InChI is InChI=1S/C15H20O4/c16-13-7-1-2-8-14(13)17-10-5-6-12-19-15-9-3-4-11-18-15/h1-2,5-8,15-16H,3-4,9-12H2/b6-5+. The zero-order chi connectivity index (χ0) is 13.3. The SMILES string of the molecule is Oc1ccccc1OC/C=C/COC1CCCCO1. The molecule has 1 aliphatic heterocycles. The predicted molar refractivity (Wildman–Crippen MR) is 72.3 cm³/mol. The maximum Gasteiger partial charge on any atom is 0.161 e. The minimum Gasteiger partial charge on any atom is -0.504 e. The highest BCUT2D eigenvalue weighted by molar-refractivity contribution is 5.37. The molecule has 0 aromatic heterocycles. The average molecular weight is 264 g/mol. The third kappa shape index (κ3) is 4.93. The summed E-state index contributed by atoms with van der Waals surface area (Å²) in [6, 6.07) is 6.91. The van der Waals surface area contributed by atoms with Crippen LogP contribution in [0.2, 0.25) is 0 Å². The van der Waals surface area contributed by atoms with Crippen molar-refractivity contribution < 1.29 is 19.3 Å². The molecule has 0 spiro atoms. The van der Waals surface area contributed by atoms with Gasteiger partial charge in [0, 0.05) is 6.61 Å². The molecule has 104 valence electrons. The fraction of sp³-hybridized carbons (Fsp3) is 0.467. The van der Waals surface area contributed by atoms with Gasteiger partial charge in [0.05, 0.1) is 6.61 Å². The molecule has 2 rings (SSSR count). The summed E-state index contributed by atoms with van der Waals surface area (Å²) in [6.07, 6.45) is 6.99. The van der Waals surface area contributed by atoms with E-state index >= 15 is 0 Å². The molecule has 19 heavy (non-hydrogen) atoms. The Kier molecular flexibility index (Phi) is 5.72. The van der Waals surface area contributed by atoms with Crippen LogP contribution >= 0.6 is 0 Å². The number of phenolic OH excluding ortho intramolecular Hbond substituents is 1. The minimum atomic E-state index is -0.0579. The lowest BCUT2D eigenvalue weighted by molar-refractivity contribution is -0.155. The summed E-state index contributed by atoms with van der Waals surface area (Å²) < 4.78 is 16.4. The van der Waals surface area contributed by atoms with Gasteiger partial charge < -0.3 is 19.3 Å². The van der Waals surface area contributed by atoms with Crippen molar-refractivity contribution in [2.75, 3.05) is 19.8 Å². The molecule has 0 bridgehead atoms. The van der Waals surface area contributed by atoms with E-state index in [4.69, 9.17) is 14.2 Å². The van der Waals surface area contributed by atoms with Gasteiger partial charge in [0.25, 0.3) is 0 Å². The van der Waals surface area contributed by atoms with Crippen molar-refractivity contribution in [1.82, 2.24) is 0 Å². The van der Waals surface area contributed by atoms with Gasteiger partial charge in [0.2, 0.25) is 0 Å². The van der Waals surface area contributed by atoms with E-state index in [0.29, 0.717) is 19.0 Å². The van der Waals surface area contributed by atoms with Crippen LogP contribution < -0.4 is 4.74 Å². The summed E-state index contributed by atoms with van der Waals surface area (Å²) in [5.41, 5.74) is 0. The highest BCUT2D eigenvalue weighted by Gasteiger charge is 2.12. The second kappa shape index (κ2) is 7.81. The maximum absolute atomic E-state index is 9.49. The zero-order valence-corrected chi connectivity index (χ0v) is 11.0. The van der Waals surface area contributed by atoms with Crippen molar-refractivity contribution in [3.8, 4) is 11.5 Å². The molecule has 0 radical (unpaired) electrons. The number of benzene rings is 1. The van der Waals surface area contributed by atoms with E-state index in [1.54, 1.807) is 18.2 Å². The topological polar surface area (TPSA) is 47.9 Å². The Labute approximate surface area is 113 Å². The van der Waals surface area contributed by atoms with Crippen LogP contribution in [0.25, 0.3) is 0 Å². The van der Waals surface area contributed by atoms with Crippen LogP contribution in [-0.2, 0) is 9.47 Å². The van der Waals surface area contributed by atoms with Crippen LogP contribution in [0.5, 0.6) is 11.5 Å². The van der Waals surface area contributed by atoms with E-state index in [9.17, 15) is 5.11 Å². The normalized spacial score (nSPS) is 19.7. The summed E-state index contributed by atoms with van der Waals surface area (Å²) in [5.74, 6) is 0.645. The summed E-state index contributed by atoms with van der Waals surface area (Å²) in [5, 5.41) is 9.49. The number of rotatable bonds is 6. The fourth-order valence-corrected chi connectivity index (χ4v) is 1.86. The molecule has 1 fully saturated rings. The van der Waals surface area contributed by atoms with Crippen molar-refractivity contribution >= 4 is 0 Å². The Morgan fingerprint density at radius 2 is 2.05 bits per heavy atom. The average Bonchev–Trinajstić information content (AvgIpc) is 2.45. The molecule has 1 aromatic rings. The third-order valence-electron chi connectivity index (χ3n) is 2.88. The van der Waals surface area contributed by atoms with Gasteiger partial charge in [-0.2, -0.15) is 0 Å². The van der Waals surface area contributed by atoms with Crippen LogP contribution in [0.1, 0.15) is 19.3 Å². The molecule has 1 N–H and O–H groups in total. The lowest BCUT2D eigenvalue weighted by Gasteiger charge is -2.21. The Morgan fingerprint density at radius 3 is 2.84 bits per heavy atom. The van der Waals surface area contributed by atoms with E-state index in [1.807, 2.05) is 18.2 Å². The highest BCUT2D eigenvalue weighted by atomic mass is 16.7. The molecule has 4 nitrogen and oxygen atoms in total. The summed E-state index contributed by atoms with van der Waals surface area (Å²) in [7, 11) is 0. The molecule has 1 unspecified atom stereocenters. The smallest absolute Gasteiger partial charge is 0.161 e. The molecule has 1 atom stereocenters. The fourth-order valence-electron chi connectivity index (χ4n) is 1.86. The van der Waals surface area contributed by atoms with Crippen LogP contribution in [0.15, 0.2) is 36.4 Å². The number of ether oxygens (including phenoxy) is 3. The summed E-state index contributed by atoms with van der Waals surface area (Å²) in [4.78, 5) is 0. The van der Waals surface area contributed by atoms with Crippen LogP contribution in [0.3, 0.4) is 0 Å². The molecular formula is C15H20O4. The molecule has 4 heteroatoms. The lowest BCUT2D eigenvalue weighted by Crippen LogP contribution is -2.22. The first-order valence-electron chi connectivity index (χ1n) is 6.65. The maximum atomic E-state index is 9.49. The van der Waals surface area contributed by atoms with Crippen LogP contribution in [0, 0.1) is 0 Å². The number of phenols is 1. The van der Waals surface area contributed by atoms with Gasteiger partial charge in [0.1, 0.15) is 6.61 Å². The van der Waals surface area contributed by atoms with E-state index in [0.717, 1.165) is 19.4 Å². The number of para-hydroxylation sites is 2. The molecule has 0 aliphatic carbocycles. The Morgan fingerprint density at radius 1 is 1.21 bits per heavy atom. The van der Waals surface area contributed by atoms with Crippen molar-refractivity contribution in [2.45, 2.75) is 25.6 Å². The molecule has 1 aromatic carbocycles. The molecule has 1 saturated heterocycles. The van der Waals surface area contributed by atoms with Gasteiger partial charge in [-0.05, 0) is 37.5 Å². The number of hydrogen-bond donors (Lipinski definition) is 1. The van der Waals surface area contributed by atoms with E-state index in [2.05, 4.69) is 0 Å². The van der Waals surface area contributed by atoms with Crippen LogP contribution in [-0.4, -0.2) is 31.2 Å². The second-order valence-corrected chi connectivity index (χ2v) is 4.38. The predicted octanol–water partition coefficient (Wildman–Crippen LogP) is 2.87. The van der Waals surface area contributed by atoms with Crippen molar-refractivity contribution in [2.24, 2.45) is 0 Å². The molecule has 1 aliphatic rings. The molecule has 0 amide bonds. The van der Waals surface area contributed by atoms with E-state index < -0.39 is 0 Å². The van der Waals surface area contributed by atoms with Gasteiger partial charge in [-0.3, -0.25) is 0 Å². The van der Waals surface area contributed by atoms with Gasteiger partial charge >= 0.3 is 0 Å². The largest absolute Gasteiger partial charge is 0.504 e. The minimum absolute atomic E-state index is 0.0579. The first-order valence-corrected chi connectivity index (χ1v) is 6.65. The molecule has 1 heterocycles. The van der Waals surface area contributed by atoms with E-state index in [1.165, 1.54) is 6.42 Å². The molecular weight excluding hydrogens is 244 g/mol. The Hall–Kier alpha value is -1.52. The monoisotopic (exact) mass is 264 g/mol. The van der Waals surface area contributed by atoms with Crippen LogP contribution in [0.4, 0.5) is 0 Å². The quantitative estimate of drug-likeness (QED) is 0.803. The summed E-state index contributed by atoms with van der Waals surface area (Å²) >= 11 is 0. The van der Waals surface area contributed by atoms with Gasteiger partial charge in [-0.15, -0.1) is 0 Å². The first-order chi connectivity index (χ1) is 9.36. The Balaban J connectivity index is 1.60.